The van der Waals surface area contributed by atoms with Gasteiger partial charge >= 0.3 is 5.97 Å². The molecule has 1 atom stereocenters. The lowest BCUT2D eigenvalue weighted by molar-refractivity contribution is -0.146. The molecule has 0 saturated carbocycles. The number of carbonyl (C=O) groups is 3. The number of benzene rings is 1. The van der Waals surface area contributed by atoms with Crippen molar-refractivity contribution in [3.05, 3.63) is 35.4 Å². The topological polar surface area (TPSA) is 72.5 Å². The van der Waals surface area contributed by atoms with Gasteiger partial charge in [-0.1, -0.05) is 0 Å². The van der Waals surface area contributed by atoms with Crippen LogP contribution in [0, 0.1) is 11.6 Å². The number of ether oxygens (including phenoxy) is 1. The fourth-order valence-corrected chi connectivity index (χ4v) is 1.41. The highest BCUT2D eigenvalue weighted by Crippen LogP contribution is 2.10. The summed E-state index contributed by atoms with van der Waals surface area (Å²) >= 11 is 0. The first-order valence-electron chi connectivity index (χ1n) is 5.73. The SMILES string of the molecule is CC(=O)N[C@H](C)C(=O)OCC(=O)c1cc(F)ccc1F. The second-order valence-corrected chi connectivity index (χ2v) is 4.08. The Bertz CT molecular complexity index is 545. The second-order valence-electron chi connectivity index (χ2n) is 4.08. The second kappa shape index (κ2) is 6.74. The van der Waals surface area contributed by atoms with E-state index in [2.05, 4.69) is 10.1 Å². The molecule has 1 aromatic rings. The van der Waals surface area contributed by atoms with E-state index in [9.17, 15) is 23.2 Å². The summed E-state index contributed by atoms with van der Waals surface area (Å²) in [7, 11) is 0. The molecule has 1 aromatic carbocycles. The van der Waals surface area contributed by atoms with Gasteiger partial charge in [0.25, 0.3) is 0 Å². The highest BCUT2D eigenvalue weighted by Gasteiger charge is 2.19. The van der Waals surface area contributed by atoms with Gasteiger partial charge in [-0.3, -0.25) is 9.59 Å². The van der Waals surface area contributed by atoms with Gasteiger partial charge in [0.1, 0.15) is 17.7 Å². The Balaban J connectivity index is 2.61. The summed E-state index contributed by atoms with van der Waals surface area (Å²) in [4.78, 5) is 33.7. The smallest absolute Gasteiger partial charge is 0.328 e. The summed E-state index contributed by atoms with van der Waals surface area (Å²) in [5.74, 6) is -3.82. The summed E-state index contributed by atoms with van der Waals surface area (Å²) in [5.41, 5.74) is -0.495. The van der Waals surface area contributed by atoms with Gasteiger partial charge in [0, 0.05) is 6.92 Å². The summed E-state index contributed by atoms with van der Waals surface area (Å²) < 4.78 is 30.8. The minimum absolute atomic E-state index is 0.433. The third kappa shape index (κ3) is 4.42. The van der Waals surface area contributed by atoms with Gasteiger partial charge in [0.2, 0.25) is 11.7 Å². The van der Waals surface area contributed by atoms with Crippen molar-refractivity contribution in [2.75, 3.05) is 6.61 Å². The first kappa shape index (κ1) is 15.7. The monoisotopic (exact) mass is 285 g/mol. The zero-order chi connectivity index (χ0) is 15.3. The van der Waals surface area contributed by atoms with Gasteiger partial charge in [-0.15, -0.1) is 0 Å². The van der Waals surface area contributed by atoms with Crippen molar-refractivity contribution in [3.63, 3.8) is 0 Å². The standard InChI is InChI=1S/C13H13F2NO4/c1-7(16-8(2)17)13(19)20-6-12(18)10-5-9(14)3-4-11(10)15/h3-5,7H,6H2,1-2H3,(H,16,17)/t7-/m1/s1. The molecule has 0 aliphatic heterocycles. The predicted molar refractivity (Wildman–Crippen MR) is 64.9 cm³/mol. The number of ketones is 1. The van der Waals surface area contributed by atoms with E-state index in [1.807, 2.05) is 0 Å². The molecular weight excluding hydrogens is 272 g/mol. The molecule has 0 heterocycles. The zero-order valence-corrected chi connectivity index (χ0v) is 10.9. The van der Waals surface area contributed by atoms with Crippen molar-refractivity contribution in [2.24, 2.45) is 0 Å². The molecule has 20 heavy (non-hydrogen) atoms. The molecule has 0 bridgehead atoms. The van der Waals surface area contributed by atoms with E-state index in [0.717, 1.165) is 18.2 Å². The van der Waals surface area contributed by atoms with Gasteiger partial charge in [-0.2, -0.15) is 0 Å². The molecule has 0 aromatic heterocycles. The summed E-state index contributed by atoms with van der Waals surface area (Å²) in [6.45, 7) is 1.86. The number of rotatable bonds is 5. The Kier molecular flexibility index (Phi) is 5.31. The third-order valence-electron chi connectivity index (χ3n) is 2.35. The van der Waals surface area contributed by atoms with Gasteiger partial charge in [0.05, 0.1) is 5.56 Å². The summed E-state index contributed by atoms with van der Waals surface area (Å²) in [6, 6.07) is 1.47. The van der Waals surface area contributed by atoms with Crippen molar-refractivity contribution in [1.82, 2.24) is 5.32 Å². The lowest BCUT2D eigenvalue weighted by Crippen LogP contribution is -2.38. The van der Waals surface area contributed by atoms with Gasteiger partial charge in [-0.05, 0) is 25.1 Å². The number of halogens is 2. The van der Waals surface area contributed by atoms with Crippen LogP contribution in [0.5, 0.6) is 0 Å². The van der Waals surface area contributed by atoms with Gasteiger partial charge < -0.3 is 10.1 Å². The molecule has 0 fully saturated rings. The summed E-state index contributed by atoms with van der Waals surface area (Å²) in [5, 5.41) is 2.27. The molecule has 0 spiro atoms. The molecule has 7 heteroatoms. The normalized spacial score (nSPS) is 11.6. The molecule has 0 unspecified atom stereocenters. The Hall–Kier alpha value is -2.31. The van der Waals surface area contributed by atoms with Crippen LogP contribution in [-0.2, 0) is 14.3 Å². The largest absolute Gasteiger partial charge is 0.456 e. The minimum Gasteiger partial charge on any atom is -0.456 e. The molecule has 1 rings (SSSR count). The third-order valence-corrected chi connectivity index (χ3v) is 2.35. The van der Waals surface area contributed by atoms with Crippen LogP contribution in [0.2, 0.25) is 0 Å². The maximum atomic E-state index is 13.3. The van der Waals surface area contributed by atoms with Crippen LogP contribution in [0.4, 0.5) is 8.78 Å². The quantitative estimate of drug-likeness (QED) is 0.652. The number of nitrogens with one attached hydrogen (secondary N) is 1. The van der Waals surface area contributed by atoms with Crippen LogP contribution in [-0.4, -0.2) is 30.3 Å². The van der Waals surface area contributed by atoms with Crippen molar-refractivity contribution in [1.29, 1.82) is 0 Å². The van der Waals surface area contributed by atoms with Crippen molar-refractivity contribution in [2.45, 2.75) is 19.9 Å². The van der Waals surface area contributed by atoms with E-state index in [4.69, 9.17) is 0 Å². The van der Waals surface area contributed by atoms with Crippen LogP contribution >= 0.6 is 0 Å². The van der Waals surface area contributed by atoms with Crippen LogP contribution in [0.1, 0.15) is 24.2 Å². The van der Waals surface area contributed by atoms with E-state index in [0.29, 0.717) is 0 Å². The van der Waals surface area contributed by atoms with Crippen molar-refractivity contribution >= 4 is 17.7 Å². The lowest BCUT2D eigenvalue weighted by atomic mass is 10.1. The van der Waals surface area contributed by atoms with E-state index in [1.165, 1.54) is 13.8 Å². The Morgan fingerprint density at radius 3 is 2.55 bits per heavy atom. The number of hydrogen-bond acceptors (Lipinski definition) is 4. The number of Topliss-reactive ketones (excluding diaryl/α,β-unsaturated/α-hetero) is 1. The molecule has 1 N–H and O–H groups in total. The minimum atomic E-state index is -0.933. The fourth-order valence-electron chi connectivity index (χ4n) is 1.41. The molecule has 0 radical (unpaired) electrons. The maximum Gasteiger partial charge on any atom is 0.328 e. The Morgan fingerprint density at radius 1 is 1.30 bits per heavy atom. The first-order chi connectivity index (χ1) is 9.31. The van der Waals surface area contributed by atoms with E-state index in [1.54, 1.807) is 0 Å². The van der Waals surface area contributed by atoms with Crippen LogP contribution in [0.3, 0.4) is 0 Å². The Morgan fingerprint density at radius 2 is 1.95 bits per heavy atom. The molecule has 0 saturated heterocycles. The molecule has 0 aliphatic carbocycles. The van der Waals surface area contributed by atoms with Gasteiger partial charge in [-0.25, -0.2) is 13.6 Å². The molecule has 108 valence electrons. The molecule has 0 aliphatic rings. The predicted octanol–water partition coefficient (Wildman–Crippen LogP) is 1.22. The number of amides is 1. The number of esters is 1. The van der Waals surface area contributed by atoms with Crippen LogP contribution in [0.15, 0.2) is 18.2 Å². The lowest BCUT2D eigenvalue weighted by Gasteiger charge is -2.11. The van der Waals surface area contributed by atoms with E-state index < -0.39 is 47.5 Å². The van der Waals surface area contributed by atoms with Crippen molar-refractivity contribution in [3.8, 4) is 0 Å². The average Bonchev–Trinajstić information content (AvgIpc) is 2.37. The van der Waals surface area contributed by atoms with Crippen LogP contribution < -0.4 is 5.32 Å². The Labute approximate surface area is 113 Å². The number of hydrogen-bond donors (Lipinski definition) is 1. The average molecular weight is 285 g/mol. The van der Waals surface area contributed by atoms with E-state index >= 15 is 0 Å². The maximum absolute atomic E-state index is 13.3. The first-order valence-corrected chi connectivity index (χ1v) is 5.73. The highest BCUT2D eigenvalue weighted by atomic mass is 19.1. The van der Waals surface area contributed by atoms with E-state index in [-0.39, 0.29) is 0 Å². The van der Waals surface area contributed by atoms with Crippen LogP contribution in [0.25, 0.3) is 0 Å². The molecular formula is C13H13F2NO4. The van der Waals surface area contributed by atoms with Crippen molar-refractivity contribution < 1.29 is 27.9 Å². The van der Waals surface area contributed by atoms with Gasteiger partial charge in [0.15, 0.2) is 6.61 Å². The number of carbonyl (C=O) groups excluding carboxylic acids is 3. The molecule has 5 nitrogen and oxygen atoms in total. The summed E-state index contributed by atoms with van der Waals surface area (Å²) in [6.07, 6.45) is 0. The molecule has 1 amide bonds. The fraction of sp³-hybridized carbons (Fsp3) is 0.308. The highest BCUT2D eigenvalue weighted by molar-refractivity contribution is 5.98. The zero-order valence-electron chi connectivity index (χ0n) is 10.9.